The largest absolute Gasteiger partial charge is 0.416 e. The van der Waals surface area contributed by atoms with Gasteiger partial charge in [-0.2, -0.15) is 13.2 Å². The number of hydrogen-bond donors (Lipinski definition) is 0. The number of thioether (sulfide) groups is 1. The zero-order chi connectivity index (χ0) is 26.9. The summed E-state index contributed by atoms with van der Waals surface area (Å²) in [6.45, 7) is 4.45. The second-order valence-electron chi connectivity index (χ2n) is 9.63. The molecule has 0 bridgehead atoms. The Hall–Kier alpha value is -1.78. The van der Waals surface area contributed by atoms with Crippen molar-refractivity contribution in [3.8, 4) is 0 Å². The molecule has 1 atom stereocenters. The molecule has 0 saturated carbocycles. The van der Waals surface area contributed by atoms with E-state index in [1.54, 1.807) is 23.9 Å². The van der Waals surface area contributed by atoms with Crippen LogP contribution in [-0.2, 0) is 19.3 Å². The molecule has 0 aliphatic carbocycles. The van der Waals surface area contributed by atoms with E-state index in [1.165, 1.54) is 10.9 Å². The summed E-state index contributed by atoms with van der Waals surface area (Å²) in [6, 6.07) is 6.31. The molecule has 11 heteroatoms. The normalized spacial score (nSPS) is 16.8. The van der Waals surface area contributed by atoms with Gasteiger partial charge in [0.2, 0.25) is 0 Å². The lowest BCUT2D eigenvalue weighted by atomic mass is 10.0. The van der Waals surface area contributed by atoms with Crippen molar-refractivity contribution in [2.45, 2.75) is 37.5 Å². The maximum Gasteiger partial charge on any atom is 0.416 e. The molecule has 1 aromatic heterocycles. The predicted octanol–water partition coefficient (Wildman–Crippen LogP) is 6.27. The number of aromatic nitrogens is 2. The smallest absolute Gasteiger partial charge is 0.309 e. The van der Waals surface area contributed by atoms with Crippen molar-refractivity contribution in [3.63, 3.8) is 0 Å². The van der Waals surface area contributed by atoms with Crippen LogP contribution in [0.5, 0.6) is 0 Å². The molecule has 1 aliphatic heterocycles. The van der Waals surface area contributed by atoms with E-state index in [1.807, 2.05) is 32.0 Å². The molecule has 0 N–H and O–H groups in total. The van der Waals surface area contributed by atoms with Gasteiger partial charge < -0.3 is 4.90 Å². The van der Waals surface area contributed by atoms with Crippen LogP contribution in [0, 0.1) is 5.92 Å². The zero-order valence-electron chi connectivity index (χ0n) is 20.9. The van der Waals surface area contributed by atoms with Crippen LogP contribution in [0.25, 0.3) is 10.9 Å². The van der Waals surface area contributed by atoms with Crippen LogP contribution >= 0.6 is 35.0 Å². The molecule has 3 aromatic rings. The SMILES string of the molecule is CCSc1ccc(Cl)cc1Cn1cnc2c(Cl)c(CN3CC[C@@H](CN(C)C)C3)c(C(F)(F)F)cc2c1=O. The van der Waals surface area contributed by atoms with Gasteiger partial charge in [0, 0.05) is 29.6 Å². The maximum absolute atomic E-state index is 14.2. The molecule has 0 radical (unpaired) electrons. The average molecular weight is 574 g/mol. The minimum absolute atomic E-state index is 0.0340. The molecule has 1 aliphatic rings. The molecule has 4 rings (SSSR count). The van der Waals surface area contributed by atoms with Gasteiger partial charge in [0.25, 0.3) is 5.56 Å². The molecular weight excluding hydrogens is 544 g/mol. The number of likely N-dealkylation sites (tertiary alicyclic amines) is 1. The highest BCUT2D eigenvalue weighted by atomic mass is 35.5. The first-order chi connectivity index (χ1) is 17.5. The molecule has 2 heterocycles. The van der Waals surface area contributed by atoms with Crippen LogP contribution in [0.3, 0.4) is 0 Å². The van der Waals surface area contributed by atoms with Crippen LogP contribution in [0.1, 0.15) is 30.0 Å². The number of benzene rings is 2. The van der Waals surface area contributed by atoms with Crippen LogP contribution in [0.4, 0.5) is 13.2 Å². The third kappa shape index (κ3) is 6.45. The van der Waals surface area contributed by atoms with E-state index < -0.39 is 17.3 Å². The second-order valence-corrected chi connectivity index (χ2v) is 11.7. The lowest BCUT2D eigenvalue weighted by molar-refractivity contribution is -0.138. The Bertz CT molecular complexity index is 1350. The molecule has 0 spiro atoms. The Balaban J connectivity index is 1.74. The summed E-state index contributed by atoms with van der Waals surface area (Å²) in [4.78, 5) is 22.7. The lowest BCUT2D eigenvalue weighted by Crippen LogP contribution is -2.27. The van der Waals surface area contributed by atoms with Gasteiger partial charge in [-0.15, -0.1) is 11.8 Å². The van der Waals surface area contributed by atoms with Crippen molar-refractivity contribution in [2.75, 3.05) is 39.5 Å². The van der Waals surface area contributed by atoms with Crippen molar-refractivity contribution in [2.24, 2.45) is 5.92 Å². The summed E-state index contributed by atoms with van der Waals surface area (Å²) < 4.78 is 43.9. The second kappa shape index (κ2) is 11.5. The number of hydrogen-bond acceptors (Lipinski definition) is 5. The summed E-state index contributed by atoms with van der Waals surface area (Å²) in [5, 5.41) is 0.247. The van der Waals surface area contributed by atoms with Gasteiger partial charge in [0.15, 0.2) is 0 Å². The van der Waals surface area contributed by atoms with Crippen LogP contribution in [-0.4, -0.2) is 58.8 Å². The zero-order valence-corrected chi connectivity index (χ0v) is 23.2. The summed E-state index contributed by atoms with van der Waals surface area (Å²) in [5.41, 5.74) is -0.619. The standard InChI is InChI=1S/C26H29Cl2F3N4OS/c1-4-37-22-6-5-18(27)9-17(22)13-35-15-32-24-19(25(35)36)10-21(26(29,30)31)20(23(24)28)14-34-8-7-16(12-34)11-33(2)3/h5-6,9-10,15-16H,4,7-8,11-14H2,1-3H3/t16-/m0/s1. The summed E-state index contributed by atoms with van der Waals surface area (Å²) >= 11 is 14.3. The maximum atomic E-state index is 14.2. The van der Waals surface area contributed by atoms with Crippen LogP contribution < -0.4 is 5.56 Å². The highest BCUT2D eigenvalue weighted by Gasteiger charge is 2.37. The molecular formula is C26H29Cl2F3N4OS. The number of halogens is 5. The first-order valence-electron chi connectivity index (χ1n) is 12.0. The van der Waals surface area contributed by atoms with E-state index in [2.05, 4.69) is 9.88 Å². The number of alkyl halides is 3. The van der Waals surface area contributed by atoms with Gasteiger partial charge in [0.05, 0.1) is 34.4 Å². The van der Waals surface area contributed by atoms with Gasteiger partial charge in [-0.3, -0.25) is 14.3 Å². The van der Waals surface area contributed by atoms with Gasteiger partial charge in [-0.05, 0) is 74.1 Å². The van der Waals surface area contributed by atoms with Crippen molar-refractivity contribution in [1.29, 1.82) is 0 Å². The molecule has 200 valence electrons. The molecule has 1 fully saturated rings. The van der Waals surface area contributed by atoms with E-state index in [0.29, 0.717) is 24.0 Å². The first-order valence-corrected chi connectivity index (χ1v) is 13.8. The van der Waals surface area contributed by atoms with Gasteiger partial charge in [-0.25, -0.2) is 4.98 Å². The third-order valence-corrected chi connectivity index (χ3v) is 8.14. The van der Waals surface area contributed by atoms with Gasteiger partial charge in [0.1, 0.15) is 0 Å². The highest BCUT2D eigenvalue weighted by molar-refractivity contribution is 7.99. The molecule has 5 nitrogen and oxygen atoms in total. The van der Waals surface area contributed by atoms with E-state index in [9.17, 15) is 18.0 Å². The lowest BCUT2D eigenvalue weighted by Gasteiger charge is -2.22. The summed E-state index contributed by atoms with van der Waals surface area (Å²) in [5.74, 6) is 1.20. The Morgan fingerprint density at radius 2 is 1.95 bits per heavy atom. The topological polar surface area (TPSA) is 41.4 Å². The molecule has 0 amide bonds. The van der Waals surface area contributed by atoms with E-state index in [0.717, 1.165) is 35.2 Å². The Kier molecular flexibility index (Phi) is 8.80. The van der Waals surface area contributed by atoms with Gasteiger partial charge in [-0.1, -0.05) is 30.1 Å². The van der Waals surface area contributed by atoms with E-state index >= 15 is 0 Å². The monoisotopic (exact) mass is 572 g/mol. The number of fused-ring (bicyclic) bond motifs is 1. The average Bonchev–Trinajstić information content (AvgIpc) is 3.24. The number of nitrogens with zero attached hydrogens (tertiary/aromatic N) is 4. The van der Waals surface area contributed by atoms with Crippen molar-refractivity contribution >= 4 is 45.9 Å². The minimum atomic E-state index is -4.67. The Morgan fingerprint density at radius 1 is 1.19 bits per heavy atom. The third-order valence-electron chi connectivity index (χ3n) is 6.50. The van der Waals surface area contributed by atoms with E-state index in [4.69, 9.17) is 23.2 Å². The Labute approximate surface area is 228 Å². The predicted molar refractivity (Wildman–Crippen MR) is 145 cm³/mol. The Morgan fingerprint density at radius 3 is 2.62 bits per heavy atom. The van der Waals surface area contributed by atoms with Crippen LogP contribution in [0.15, 0.2) is 40.3 Å². The van der Waals surface area contributed by atoms with E-state index in [-0.39, 0.29) is 34.6 Å². The number of rotatable bonds is 8. The molecule has 0 unspecified atom stereocenters. The molecule has 1 saturated heterocycles. The summed E-state index contributed by atoms with van der Waals surface area (Å²) in [7, 11) is 3.97. The fourth-order valence-corrected chi connectivity index (χ4v) is 6.21. The van der Waals surface area contributed by atoms with Crippen molar-refractivity contribution < 1.29 is 13.2 Å². The van der Waals surface area contributed by atoms with Crippen LogP contribution in [0.2, 0.25) is 10.0 Å². The minimum Gasteiger partial charge on any atom is -0.309 e. The van der Waals surface area contributed by atoms with Crippen molar-refractivity contribution in [1.82, 2.24) is 19.4 Å². The molecule has 2 aromatic carbocycles. The highest BCUT2D eigenvalue weighted by Crippen LogP contribution is 2.39. The molecule has 37 heavy (non-hydrogen) atoms. The van der Waals surface area contributed by atoms with Gasteiger partial charge >= 0.3 is 6.18 Å². The fourth-order valence-electron chi connectivity index (χ4n) is 4.92. The first kappa shape index (κ1) is 28.2. The quantitative estimate of drug-likeness (QED) is 0.298. The van der Waals surface area contributed by atoms with Crippen molar-refractivity contribution in [3.05, 3.63) is 67.7 Å². The summed E-state index contributed by atoms with van der Waals surface area (Å²) in [6.07, 6.45) is -2.41. The fraction of sp³-hybridized carbons (Fsp3) is 0.462.